The third-order valence-electron chi connectivity index (χ3n) is 6.70. The summed E-state index contributed by atoms with van der Waals surface area (Å²) < 4.78 is 16.6. The molecule has 1 atom stereocenters. The number of hydrogen-bond donors (Lipinski definition) is 1. The number of amides is 2. The van der Waals surface area contributed by atoms with Gasteiger partial charge in [-0.05, 0) is 48.6 Å². The molecule has 1 N–H and O–H groups in total. The first-order valence-electron chi connectivity index (χ1n) is 12.5. The molecule has 1 heterocycles. The number of thiophene rings is 1. The molecule has 8 heteroatoms. The summed E-state index contributed by atoms with van der Waals surface area (Å²) in [6, 6.07) is 15.5. The molecule has 0 aliphatic heterocycles. The Morgan fingerprint density at radius 1 is 0.946 bits per heavy atom. The molecule has 2 amide bonds. The summed E-state index contributed by atoms with van der Waals surface area (Å²) in [6.45, 7) is 0. The SMILES string of the molecule is COc1cccc(N(C(=O)Cc2cccs2)[C@H](C(=O)NC2CCCCC2)c2ccc(OC)cc2OC)c1. The molecular formula is C29H34N2O5S. The van der Waals surface area contributed by atoms with Crippen LogP contribution in [-0.4, -0.2) is 39.2 Å². The lowest BCUT2D eigenvalue weighted by Crippen LogP contribution is -2.47. The van der Waals surface area contributed by atoms with E-state index < -0.39 is 6.04 Å². The maximum Gasteiger partial charge on any atom is 0.248 e. The van der Waals surface area contributed by atoms with Crippen molar-refractivity contribution in [2.45, 2.75) is 50.6 Å². The van der Waals surface area contributed by atoms with Crippen molar-refractivity contribution in [2.75, 3.05) is 26.2 Å². The largest absolute Gasteiger partial charge is 0.497 e. The molecule has 0 bridgehead atoms. The van der Waals surface area contributed by atoms with Crippen molar-refractivity contribution in [3.63, 3.8) is 0 Å². The second-order valence-electron chi connectivity index (χ2n) is 9.08. The summed E-state index contributed by atoms with van der Waals surface area (Å²) in [7, 11) is 4.71. The molecule has 1 fully saturated rings. The van der Waals surface area contributed by atoms with E-state index in [2.05, 4.69) is 5.32 Å². The van der Waals surface area contributed by atoms with Crippen LogP contribution in [0.3, 0.4) is 0 Å². The first-order chi connectivity index (χ1) is 18.0. The van der Waals surface area contributed by atoms with Crippen LogP contribution >= 0.6 is 11.3 Å². The summed E-state index contributed by atoms with van der Waals surface area (Å²) in [6.07, 6.45) is 5.37. The molecule has 7 nitrogen and oxygen atoms in total. The molecule has 1 aromatic heterocycles. The van der Waals surface area contributed by atoms with E-state index >= 15 is 0 Å². The smallest absolute Gasteiger partial charge is 0.248 e. The van der Waals surface area contributed by atoms with Crippen LogP contribution in [-0.2, 0) is 16.0 Å². The van der Waals surface area contributed by atoms with Crippen LogP contribution in [0.25, 0.3) is 0 Å². The Balaban J connectivity index is 1.83. The van der Waals surface area contributed by atoms with Crippen LogP contribution in [0.4, 0.5) is 5.69 Å². The predicted molar refractivity (Wildman–Crippen MR) is 146 cm³/mol. The fourth-order valence-corrected chi connectivity index (χ4v) is 5.51. The van der Waals surface area contributed by atoms with E-state index in [1.54, 1.807) is 50.5 Å². The van der Waals surface area contributed by atoms with Crippen LogP contribution in [0, 0.1) is 0 Å². The number of rotatable bonds is 10. The Morgan fingerprint density at radius 3 is 2.38 bits per heavy atom. The average Bonchev–Trinajstić information content (AvgIpc) is 3.44. The van der Waals surface area contributed by atoms with E-state index in [0.717, 1.165) is 30.6 Å². The number of benzene rings is 2. The van der Waals surface area contributed by atoms with Crippen LogP contribution < -0.4 is 24.4 Å². The van der Waals surface area contributed by atoms with Crippen molar-refractivity contribution >= 4 is 28.8 Å². The van der Waals surface area contributed by atoms with Gasteiger partial charge in [0, 0.05) is 34.3 Å². The molecule has 37 heavy (non-hydrogen) atoms. The zero-order chi connectivity index (χ0) is 26.2. The predicted octanol–water partition coefficient (Wildman–Crippen LogP) is 5.54. The molecule has 1 saturated carbocycles. The molecule has 0 radical (unpaired) electrons. The van der Waals surface area contributed by atoms with Crippen molar-refractivity contribution < 1.29 is 23.8 Å². The molecular weight excluding hydrogens is 488 g/mol. The van der Waals surface area contributed by atoms with Gasteiger partial charge in [-0.3, -0.25) is 14.5 Å². The fourth-order valence-electron chi connectivity index (χ4n) is 4.81. The van der Waals surface area contributed by atoms with Gasteiger partial charge in [0.05, 0.1) is 27.8 Å². The van der Waals surface area contributed by atoms with Gasteiger partial charge in [0.1, 0.15) is 23.3 Å². The highest BCUT2D eigenvalue weighted by Crippen LogP contribution is 2.37. The summed E-state index contributed by atoms with van der Waals surface area (Å²) in [5, 5.41) is 5.18. The second-order valence-corrected chi connectivity index (χ2v) is 10.1. The van der Waals surface area contributed by atoms with Crippen LogP contribution in [0.1, 0.15) is 48.6 Å². The van der Waals surface area contributed by atoms with Gasteiger partial charge in [0.2, 0.25) is 11.8 Å². The van der Waals surface area contributed by atoms with E-state index in [9.17, 15) is 9.59 Å². The number of nitrogens with zero attached hydrogens (tertiary/aromatic N) is 1. The maximum absolute atomic E-state index is 14.1. The van der Waals surface area contributed by atoms with Crippen molar-refractivity contribution in [2.24, 2.45) is 0 Å². The Hall–Kier alpha value is -3.52. The molecule has 196 valence electrons. The number of ether oxygens (including phenoxy) is 3. The minimum atomic E-state index is -0.956. The van der Waals surface area contributed by atoms with Gasteiger partial charge in [0.15, 0.2) is 0 Å². The van der Waals surface area contributed by atoms with E-state index in [0.29, 0.717) is 28.5 Å². The number of anilines is 1. The summed E-state index contributed by atoms with van der Waals surface area (Å²) in [4.78, 5) is 30.6. The Kier molecular flexibility index (Phi) is 9.06. The minimum absolute atomic E-state index is 0.0764. The van der Waals surface area contributed by atoms with Crippen LogP contribution in [0.15, 0.2) is 60.0 Å². The highest BCUT2D eigenvalue weighted by Gasteiger charge is 2.36. The van der Waals surface area contributed by atoms with Gasteiger partial charge < -0.3 is 19.5 Å². The third-order valence-corrected chi connectivity index (χ3v) is 7.58. The first kappa shape index (κ1) is 26.5. The van der Waals surface area contributed by atoms with E-state index in [4.69, 9.17) is 14.2 Å². The average molecular weight is 523 g/mol. The molecule has 0 saturated heterocycles. The van der Waals surface area contributed by atoms with Crippen molar-refractivity contribution in [3.05, 3.63) is 70.4 Å². The molecule has 4 rings (SSSR count). The third kappa shape index (κ3) is 6.43. The van der Waals surface area contributed by atoms with Gasteiger partial charge in [-0.2, -0.15) is 0 Å². The van der Waals surface area contributed by atoms with E-state index in [1.807, 2.05) is 35.7 Å². The minimum Gasteiger partial charge on any atom is -0.497 e. The Bertz CT molecular complexity index is 1190. The molecule has 1 aliphatic rings. The number of methoxy groups -OCH3 is 3. The summed E-state index contributed by atoms with van der Waals surface area (Å²) in [5.41, 5.74) is 1.15. The number of carbonyl (C=O) groups is 2. The van der Waals surface area contributed by atoms with Crippen molar-refractivity contribution in [3.8, 4) is 17.2 Å². The molecule has 3 aromatic rings. The quantitative estimate of drug-likeness (QED) is 0.378. The molecule has 1 aliphatic carbocycles. The summed E-state index contributed by atoms with van der Waals surface area (Å²) >= 11 is 1.51. The van der Waals surface area contributed by atoms with Gasteiger partial charge in [-0.25, -0.2) is 0 Å². The van der Waals surface area contributed by atoms with Crippen molar-refractivity contribution in [1.29, 1.82) is 0 Å². The van der Waals surface area contributed by atoms with E-state index in [1.165, 1.54) is 17.8 Å². The zero-order valence-corrected chi connectivity index (χ0v) is 22.4. The zero-order valence-electron chi connectivity index (χ0n) is 21.6. The maximum atomic E-state index is 14.1. The molecule has 2 aromatic carbocycles. The second kappa shape index (κ2) is 12.6. The highest BCUT2D eigenvalue weighted by molar-refractivity contribution is 7.10. The lowest BCUT2D eigenvalue weighted by Gasteiger charge is -2.34. The monoisotopic (exact) mass is 522 g/mol. The molecule has 0 unspecified atom stereocenters. The Morgan fingerprint density at radius 2 is 1.70 bits per heavy atom. The Labute approximate surface area is 222 Å². The van der Waals surface area contributed by atoms with E-state index in [-0.39, 0.29) is 24.3 Å². The highest BCUT2D eigenvalue weighted by atomic mass is 32.1. The summed E-state index contributed by atoms with van der Waals surface area (Å²) in [5.74, 6) is 1.24. The van der Waals surface area contributed by atoms with Crippen LogP contribution in [0.2, 0.25) is 0 Å². The van der Waals surface area contributed by atoms with Crippen LogP contribution in [0.5, 0.6) is 17.2 Å². The fraction of sp³-hybridized carbons (Fsp3) is 0.379. The first-order valence-corrected chi connectivity index (χ1v) is 13.4. The lowest BCUT2D eigenvalue weighted by atomic mass is 9.94. The van der Waals surface area contributed by atoms with Gasteiger partial charge in [0.25, 0.3) is 0 Å². The number of nitrogens with one attached hydrogen (secondary N) is 1. The van der Waals surface area contributed by atoms with Gasteiger partial charge in [-0.1, -0.05) is 31.4 Å². The number of carbonyl (C=O) groups excluding carboxylic acids is 2. The topological polar surface area (TPSA) is 77.1 Å². The molecule has 0 spiro atoms. The van der Waals surface area contributed by atoms with Gasteiger partial charge >= 0.3 is 0 Å². The standard InChI is InChI=1S/C29H34N2O5S/c1-34-22-12-7-11-21(17-22)31(27(32)19-24-13-8-16-37-24)28(29(33)30-20-9-5-4-6-10-20)25-15-14-23(35-2)18-26(25)36-3/h7-8,11-18,20,28H,4-6,9-10,19H2,1-3H3,(H,30,33)/t28-/m0/s1. The van der Waals surface area contributed by atoms with Gasteiger partial charge in [-0.15, -0.1) is 11.3 Å². The van der Waals surface area contributed by atoms with Crippen molar-refractivity contribution in [1.82, 2.24) is 5.32 Å². The number of hydrogen-bond acceptors (Lipinski definition) is 6. The normalized spacial score (nSPS) is 14.5. The lowest BCUT2D eigenvalue weighted by molar-refractivity contribution is -0.127.